The van der Waals surface area contributed by atoms with Gasteiger partial charge in [-0.05, 0) is 34.5 Å². The number of carbonyl (C=O) groups excluding carboxylic acids is 1. The van der Waals surface area contributed by atoms with Crippen molar-refractivity contribution >= 4 is 17.2 Å². The minimum Gasteiger partial charge on any atom is -0.479 e. The molecule has 0 saturated carbocycles. The van der Waals surface area contributed by atoms with E-state index in [1.54, 1.807) is 40.4 Å². The Morgan fingerprint density at radius 2 is 2.21 bits per heavy atom. The smallest absolute Gasteiger partial charge is 0.261 e. The predicted molar refractivity (Wildman–Crippen MR) is 91.9 cm³/mol. The maximum absolute atomic E-state index is 13.0. The van der Waals surface area contributed by atoms with Crippen molar-refractivity contribution < 1.29 is 9.53 Å². The minimum atomic E-state index is -0.128. The standard InChI is InChI=1S/C17H18N4O2S/c1-20-11-15(16(19-20)23-2)17(22)21(9-13-6-8-24-12-13)10-14-5-3-4-7-18-14/h3-8,11-12H,9-10H2,1-2H3. The van der Waals surface area contributed by atoms with Gasteiger partial charge in [-0.1, -0.05) is 6.07 Å². The molecule has 0 unspecified atom stereocenters. The highest BCUT2D eigenvalue weighted by Gasteiger charge is 2.23. The summed E-state index contributed by atoms with van der Waals surface area (Å²) in [6.45, 7) is 0.935. The molecule has 0 aliphatic carbocycles. The molecule has 24 heavy (non-hydrogen) atoms. The number of aromatic nitrogens is 3. The number of amides is 1. The number of pyridine rings is 1. The van der Waals surface area contributed by atoms with Gasteiger partial charge in [0.05, 0.1) is 19.3 Å². The summed E-state index contributed by atoms with van der Waals surface area (Å²) >= 11 is 1.61. The molecule has 124 valence electrons. The molecule has 1 amide bonds. The highest BCUT2D eigenvalue weighted by molar-refractivity contribution is 7.07. The van der Waals surface area contributed by atoms with E-state index in [1.807, 2.05) is 35.0 Å². The zero-order valence-corrected chi connectivity index (χ0v) is 14.4. The molecule has 7 heteroatoms. The van der Waals surface area contributed by atoms with Crippen LogP contribution in [0.1, 0.15) is 21.6 Å². The Kier molecular flexibility index (Phi) is 4.90. The fourth-order valence-corrected chi connectivity index (χ4v) is 3.09. The second kappa shape index (κ2) is 7.27. The van der Waals surface area contributed by atoms with E-state index in [0.717, 1.165) is 11.3 Å². The van der Waals surface area contributed by atoms with Crippen LogP contribution >= 0.6 is 11.3 Å². The summed E-state index contributed by atoms with van der Waals surface area (Å²) in [5.74, 6) is 0.204. The number of hydrogen-bond donors (Lipinski definition) is 0. The molecule has 6 nitrogen and oxygen atoms in total. The molecule has 0 aliphatic rings. The SMILES string of the molecule is COc1nn(C)cc1C(=O)N(Cc1ccsc1)Cc1ccccn1. The molecule has 3 aromatic heterocycles. The van der Waals surface area contributed by atoms with E-state index in [0.29, 0.717) is 24.5 Å². The van der Waals surface area contributed by atoms with Crippen molar-refractivity contribution in [3.8, 4) is 5.88 Å². The summed E-state index contributed by atoms with van der Waals surface area (Å²) in [5.41, 5.74) is 2.38. The average molecular weight is 342 g/mol. The van der Waals surface area contributed by atoms with Gasteiger partial charge in [-0.15, -0.1) is 5.10 Å². The molecular weight excluding hydrogens is 324 g/mol. The lowest BCUT2D eigenvalue weighted by atomic mass is 10.2. The Morgan fingerprint density at radius 3 is 2.88 bits per heavy atom. The molecule has 0 saturated heterocycles. The van der Waals surface area contributed by atoms with Crippen LogP contribution in [0, 0.1) is 0 Å². The number of aryl methyl sites for hydroxylation is 1. The molecule has 3 aromatic rings. The molecule has 0 spiro atoms. The van der Waals surface area contributed by atoms with Crippen molar-refractivity contribution in [3.63, 3.8) is 0 Å². The summed E-state index contributed by atoms with van der Waals surface area (Å²) in [4.78, 5) is 19.1. The van der Waals surface area contributed by atoms with E-state index in [9.17, 15) is 4.79 Å². The van der Waals surface area contributed by atoms with Crippen LogP contribution in [0.3, 0.4) is 0 Å². The van der Waals surface area contributed by atoms with Crippen molar-refractivity contribution in [2.24, 2.45) is 7.05 Å². The van der Waals surface area contributed by atoms with Crippen LogP contribution in [0.5, 0.6) is 5.88 Å². The fraction of sp³-hybridized carbons (Fsp3) is 0.235. The van der Waals surface area contributed by atoms with Crippen molar-refractivity contribution in [3.05, 3.63) is 64.2 Å². The molecule has 0 bridgehead atoms. The second-order valence-corrected chi connectivity index (χ2v) is 6.12. The van der Waals surface area contributed by atoms with Gasteiger partial charge in [0.25, 0.3) is 5.91 Å². The first-order chi connectivity index (χ1) is 11.7. The van der Waals surface area contributed by atoms with Gasteiger partial charge in [-0.3, -0.25) is 14.5 Å². The van der Waals surface area contributed by atoms with Crippen LogP contribution in [0.25, 0.3) is 0 Å². The van der Waals surface area contributed by atoms with Crippen molar-refractivity contribution in [1.29, 1.82) is 0 Å². The summed E-state index contributed by atoms with van der Waals surface area (Å²) in [5, 5.41) is 8.21. The lowest BCUT2D eigenvalue weighted by Gasteiger charge is -2.21. The van der Waals surface area contributed by atoms with Crippen LogP contribution in [-0.4, -0.2) is 32.7 Å². The van der Waals surface area contributed by atoms with Crippen LogP contribution in [0.2, 0.25) is 0 Å². The second-order valence-electron chi connectivity index (χ2n) is 5.34. The third kappa shape index (κ3) is 3.62. The third-order valence-corrected chi connectivity index (χ3v) is 4.27. The summed E-state index contributed by atoms with van der Waals surface area (Å²) in [6.07, 6.45) is 3.41. The predicted octanol–water partition coefficient (Wildman–Crippen LogP) is 2.73. The first-order valence-corrected chi connectivity index (χ1v) is 8.39. The minimum absolute atomic E-state index is 0.128. The molecule has 0 fully saturated rings. The van der Waals surface area contributed by atoms with Gasteiger partial charge in [-0.2, -0.15) is 11.3 Å². The number of carbonyl (C=O) groups is 1. The van der Waals surface area contributed by atoms with Gasteiger partial charge in [0.2, 0.25) is 5.88 Å². The number of hydrogen-bond acceptors (Lipinski definition) is 5. The summed E-state index contributed by atoms with van der Waals surface area (Å²) in [6, 6.07) is 7.71. The zero-order valence-electron chi connectivity index (χ0n) is 13.5. The highest BCUT2D eigenvalue weighted by Crippen LogP contribution is 2.20. The van der Waals surface area contributed by atoms with Gasteiger partial charge in [0.15, 0.2) is 0 Å². The van der Waals surface area contributed by atoms with Crippen LogP contribution in [-0.2, 0) is 20.1 Å². The van der Waals surface area contributed by atoms with Gasteiger partial charge in [-0.25, -0.2) is 0 Å². The Morgan fingerprint density at radius 1 is 1.33 bits per heavy atom. The Hall–Kier alpha value is -2.67. The topological polar surface area (TPSA) is 60.3 Å². The van der Waals surface area contributed by atoms with E-state index in [2.05, 4.69) is 10.1 Å². The zero-order chi connectivity index (χ0) is 16.9. The number of ether oxygens (including phenoxy) is 1. The van der Waals surface area contributed by atoms with Gasteiger partial charge in [0, 0.05) is 26.0 Å². The molecular formula is C17H18N4O2S. The highest BCUT2D eigenvalue weighted by atomic mass is 32.1. The van der Waals surface area contributed by atoms with E-state index >= 15 is 0 Å². The maximum atomic E-state index is 13.0. The number of rotatable bonds is 6. The summed E-state index contributed by atoms with van der Waals surface area (Å²) in [7, 11) is 3.28. The Balaban J connectivity index is 1.89. The Labute approximate surface area is 144 Å². The lowest BCUT2D eigenvalue weighted by molar-refractivity contribution is 0.0724. The third-order valence-electron chi connectivity index (χ3n) is 3.54. The Bertz CT molecular complexity index is 799. The number of thiophene rings is 1. The first kappa shape index (κ1) is 16.2. The molecule has 0 radical (unpaired) electrons. The lowest BCUT2D eigenvalue weighted by Crippen LogP contribution is -2.30. The molecule has 0 N–H and O–H groups in total. The van der Waals surface area contributed by atoms with Gasteiger partial charge in [0.1, 0.15) is 5.56 Å². The molecule has 0 aromatic carbocycles. The molecule has 0 aliphatic heterocycles. The normalized spacial score (nSPS) is 10.6. The van der Waals surface area contributed by atoms with E-state index in [1.165, 1.54) is 7.11 Å². The van der Waals surface area contributed by atoms with E-state index in [-0.39, 0.29) is 5.91 Å². The van der Waals surface area contributed by atoms with Crippen molar-refractivity contribution in [2.45, 2.75) is 13.1 Å². The van der Waals surface area contributed by atoms with Crippen molar-refractivity contribution in [2.75, 3.05) is 7.11 Å². The van der Waals surface area contributed by atoms with Crippen molar-refractivity contribution in [1.82, 2.24) is 19.7 Å². The van der Waals surface area contributed by atoms with Crippen LogP contribution < -0.4 is 4.74 Å². The largest absolute Gasteiger partial charge is 0.479 e. The quantitative estimate of drug-likeness (QED) is 0.691. The molecule has 3 heterocycles. The summed E-state index contributed by atoms with van der Waals surface area (Å²) < 4.78 is 6.81. The number of methoxy groups -OCH3 is 1. The molecule has 0 atom stereocenters. The number of nitrogens with zero attached hydrogens (tertiary/aromatic N) is 4. The van der Waals surface area contributed by atoms with Gasteiger partial charge < -0.3 is 9.64 Å². The van der Waals surface area contributed by atoms with Crippen LogP contribution in [0.15, 0.2) is 47.4 Å². The average Bonchev–Trinajstić information content (AvgIpc) is 3.23. The monoisotopic (exact) mass is 342 g/mol. The van der Waals surface area contributed by atoms with E-state index < -0.39 is 0 Å². The van der Waals surface area contributed by atoms with Gasteiger partial charge >= 0.3 is 0 Å². The molecule has 3 rings (SSSR count). The fourth-order valence-electron chi connectivity index (χ4n) is 2.43. The maximum Gasteiger partial charge on any atom is 0.261 e. The van der Waals surface area contributed by atoms with E-state index in [4.69, 9.17) is 4.74 Å². The van der Waals surface area contributed by atoms with Crippen LogP contribution in [0.4, 0.5) is 0 Å². The first-order valence-electron chi connectivity index (χ1n) is 7.45.